The van der Waals surface area contributed by atoms with Gasteiger partial charge in [0.25, 0.3) is 0 Å². The molecule has 4 nitrogen and oxygen atoms in total. The summed E-state index contributed by atoms with van der Waals surface area (Å²) in [6, 6.07) is 1.22. The van der Waals surface area contributed by atoms with Crippen LogP contribution in [0.1, 0.15) is 46.5 Å². The Balaban J connectivity index is 1.90. The summed E-state index contributed by atoms with van der Waals surface area (Å²) in [5.41, 5.74) is -0.115. The Hall–Kier alpha value is -0.900. The maximum Gasteiger partial charge on any atom is 0.230 e. The van der Waals surface area contributed by atoms with Crippen molar-refractivity contribution in [1.29, 1.82) is 0 Å². The molecule has 4 heteroatoms. The number of piperidine rings is 1. The molecule has 19 heavy (non-hydrogen) atoms. The molecule has 3 rings (SSSR count). The molecule has 0 bridgehead atoms. The first-order valence-corrected chi connectivity index (χ1v) is 7.52. The highest BCUT2D eigenvalue weighted by Crippen LogP contribution is 2.51. The van der Waals surface area contributed by atoms with Crippen LogP contribution in [0.25, 0.3) is 0 Å². The van der Waals surface area contributed by atoms with Gasteiger partial charge in [-0.1, -0.05) is 13.8 Å². The highest BCUT2D eigenvalue weighted by molar-refractivity contribution is 6.00. The molecule has 3 atom stereocenters. The number of nitrogens with one attached hydrogen (secondary N) is 1. The molecule has 0 aromatic carbocycles. The summed E-state index contributed by atoms with van der Waals surface area (Å²) in [4.78, 5) is 26.6. The molecule has 3 aliphatic rings. The molecule has 0 aromatic rings. The fourth-order valence-corrected chi connectivity index (χ4v) is 4.52. The van der Waals surface area contributed by atoms with Gasteiger partial charge in [0.2, 0.25) is 11.8 Å². The van der Waals surface area contributed by atoms with Crippen LogP contribution < -0.4 is 5.32 Å². The van der Waals surface area contributed by atoms with Crippen molar-refractivity contribution >= 4 is 11.8 Å². The standard InChI is InChI=1S/C15H24N2O2/c1-9(2)13-14(19)16-12(18)7-15(13)6-10(3)17(8-15)11-4-5-11/h9-11,13H,4-8H2,1-3H3,(H,16,18,19). The molecule has 106 valence electrons. The zero-order valence-electron chi connectivity index (χ0n) is 12.1. The second-order valence-corrected chi connectivity index (χ2v) is 7.13. The van der Waals surface area contributed by atoms with Crippen LogP contribution in [0, 0.1) is 17.3 Å². The van der Waals surface area contributed by atoms with Crippen LogP contribution in [-0.2, 0) is 9.59 Å². The summed E-state index contributed by atoms with van der Waals surface area (Å²) in [6.07, 6.45) is 4.08. The van der Waals surface area contributed by atoms with Crippen molar-refractivity contribution in [2.75, 3.05) is 6.54 Å². The van der Waals surface area contributed by atoms with Gasteiger partial charge in [-0.25, -0.2) is 0 Å². The average Bonchev–Trinajstić information content (AvgIpc) is 3.03. The van der Waals surface area contributed by atoms with Gasteiger partial charge in [-0.05, 0) is 32.1 Å². The lowest BCUT2D eigenvalue weighted by molar-refractivity contribution is -0.145. The summed E-state index contributed by atoms with van der Waals surface area (Å²) in [6.45, 7) is 7.39. The van der Waals surface area contributed by atoms with Crippen LogP contribution in [0.2, 0.25) is 0 Å². The van der Waals surface area contributed by atoms with Crippen molar-refractivity contribution < 1.29 is 9.59 Å². The number of likely N-dealkylation sites (tertiary alicyclic amines) is 1. The SMILES string of the molecule is CC(C)C1C(=O)NC(=O)CC12CC(C)N(C1CC1)C2. The van der Waals surface area contributed by atoms with E-state index in [1.165, 1.54) is 12.8 Å². The van der Waals surface area contributed by atoms with Crippen LogP contribution in [0.5, 0.6) is 0 Å². The molecule has 1 aliphatic carbocycles. The van der Waals surface area contributed by atoms with E-state index in [1.807, 2.05) is 0 Å². The number of hydrogen-bond donors (Lipinski definition) is 1. The molecular formula is C15H24N2O2. The Morgan fingerprint density at radius 1 is 1.32 bits per heavy atom. The third-order valence-corrected chi connectivity index (χ3v) is 5.17. The van der Waals surface area contributed by atoms with Gasteiger partial charge in [0.1, 0.15) is 0 Å². The second kappa shape index (κ2) is 4.30. The van der Waals surface area contributed by atoms with Gasteiger partial charge in [0, 0.05) is 36.4 Å². The molecule has 2 amide bonds. The minimum absolute atomic E-state index is 0.0172. The first kappa shape index (κ1) is 13.1. The number of imide groups is 1. The maximum atomic E-state index is 12.3. The number of nitrogens with zero attached hydrogens (tertiary/aromatic N) is 1. The maximum absolute atomic E-state index is 12.3. The van der Waals surface area contributed by atoms with E-state index in [4.69, 9.17) is 0 Å². The normalized spacial score (nSPS) is 40.2. The molecule has 1 N–H and O–H groups in total. The van der Waals surface area contributed by atoms with Gasteiger partial charge in [0.15, 0.2) is 0 Å². The van der Waals surface area contributed by atoms with Gasteiger partial charge < -0.3 is 0 Å². The quantitative estimate of drug-likeness (QED) is 0.770. The molecule has 1 saturated carbocycles. The number of amides is 2. The van der Waals surface area contributed by atoms with Gasteiger partial charge >= 0.3 is 0 Å². The Labute approximate surface area is 114 Å². The van der Waals surface area contributed by atoms with Gasteiger partial charge in [-0.3, -0.25) is 19.8 Å². The van der Waals surface area contributed by atoms with Gasteiger partial charge in [-0.15, -0.1) is 0 Å². The van der Waals surface area contributed by atoms with E-state index >= 15 is 0 Å². The predicted molar refractivity (Wildman–Crippen MR) is 72.3 cm³/mol. The fourth-order valence-electron chi connectivity index (χ4n) is 4.52. The number of hydrogen-bond acceptors (Lipinski definition) is 3. The fraction of sp³-hybridized carbons (Fsp3) is 0.867. The Kier molecular flexibility index (Phi) is 2.97. The van der Waals surface area contributed by atoms with E-state index in [0.29, 0.717) is 24.4 Å². The van der Waals surface area contributed by atoms with Crippen LogP contribution >= 0.6 is 0 Å². The molecular weight excluding hydrogens is 240 g/mol. The van der Waals surface area contributed by atoms with Crippen LogP contribution in [0.4, 0.5) is 0 Å². The van der Waals surface area contributed by atoms with E-state index in [-0.39, 0.29) is 23.1 Å². The first-order chi connectivity index (χ1) is 8.93. The summed E-state index contributed by atoms with van der Waals surface area (Å²) in [5, 5.41) is 2.54. The van der Waals surface area contributed by atoms with Crippen molar-refractivity contribution in [2.45, 2.75) is 58.5 Å². The summed E-state index contributed by atoms with van der Waals surface area (Å²) in [7, 11) is 0. The third-order valence-electron chi connectivity index (χ3n) is 5.17. The highest BCUT2D eigenvalue weighted by Gasteiger charge is 2.56. The highest BCUT2D eigenvalue weighted by atomic mass is 16.2. The minimum atomic E-state index is -0.115. The summed E-state index contributed by atoms with van der Waals surface area (Å²) in [5.74, 6) is 0.152. The van der Waals surface area contributed by atoms with Crippen LogP contribution in [0.15, 0.2) is 0 Å². The van der Waals surface area contributed by atoms with Crippen molar-refractivity contribution in [2.24, 2.45) is 17.3 Å². The van der Waals surface area contributed by atoms with E-state index < -0.39 is 0 Å². The minimum Gasteiger partial charge on any atom is -0.297 e. The van der Waals surface area contributed by atoms with Crippen molar-refractivity contribution in [3.63, 3.8) is 0 Å². The first-order valence-electron chi connectivity index (χ1n) is 7.52. The molecule has 0 aromatic heterocycles. The molecule has 2 heterocycles. The Morgan fingerprint density at radius 3 is 2.58 bits per heavy atom. The molecule has 3 fully saturated rings. The van der Waals surface area contributed by atoms with Crippen LogP contribution in [0.3, 0.4) is 0 Å². The molecule has 0 radical (unpaired) electrons. The van der Waals surface area contributed by atoms with Gasteiger partial charge in [0.05, 0.1) is 0 Å². The van der Waals surface area contributed by atoms with E-state index in [9.17, 15) is 9.59 Å². The third kappa shape index (κ3) is 2.10. The predicted octanol–water partition coefficient (Wildman–Crippen LogP) is 1.55. The smallest absolute Gasteiger partial charge is 0.230 e. The summed E-state index contributed by atoms with van der Waals surface area (Å²) < 4.78 is 0. The number of carbonyl (C=O) groups is 2. The van der Waals surface area contributed by atoms with Crippen molar-refractivity contribution in [3.8, 4) is 0 Å². The lowest BCUT2D eigenvalue weighted by atomic mass is 9.64. The molecule has 1 spiro atoms. The van der Waals surface area contributed by atoms with E-state index in [2.05, 4.69) is 31.0 Å². The zero-order chi connectivity index (χ0) is 13.8. The van der Waals surface area contributed by atoms with Crippen LogP contribution in [-0.4, -0.2) is 35.3 Å². The zero-order valence-corrected chi connectivity index (χ0v) is 12.1. The monoisotopic (exact) mass is 264 g/mol. The second-order valence-electron chi connectivity index (χ2n) is 7.13. The van der Waals surface area contributed by atoms with Crippen molar-refractivity contribution in [1.82, 2.24) is 10.2 Å². The van der Waals surface area contributed by atoms with E-state index in [1.54, 1.807) is 0 Å². The van der Waals surface area contributed by atoms with Crippen molar-refractivity contribution in [3.05, 3.63) is 0 Å². The van der Waals surface area contributed by atoms with Gasteiger partial charge in [-0.2, -0.15) is 0 Å². The number of carbonyl (C=O) groups excluding carboxylic acids is 2. The number of rotatable bonds is 2. The Morgan fingerprint density at radius 2 is 2.00 bits per heavy atom. The molecule has 2 aliphatic heterocycles. The van der Waals surface area contributed by atoms with E-state index in [0.717, 1.165) is 13.0 Å². The lowest BCUT2D eigenvalue weighted by Gasteiger charge is -2.41. The lowest BCUT2D eigenvalue weighted by Crippen LogP contribution is -2.55. The molecule has 2 saturated heterocycles. The Bertz CT molecular complexity index is 416. The topological polar surface area (TPSA) is 49.4 Å². The summed E-state index contributed by atoms with van der Waals surface area (Å²) >= 11 is 0. The largest absolute Gasteiger partial charge is 0.297 e. The molecule has 3 unspecified atom stereocenters. The average molecular weight is 264 g/mol.